The SMILES string of the molecule is CC[C@@H](C)c1ccc(NC(=O)Cc2ccc(-c3ccccc3)cc2)cc1. The molecule has 26 heavy (non-hydrogen) atoms. The molecule has 132 valence electrons. The normalized spacial score (nSPS) is 11.8. The fourth-order valence-corrected chi connectivity index (χ4v) is 2.97. The Hall–Kier alpha value is -2.87. The zero-order valence-corrected chi connectivity index (χ0v) is 15.4. The third-order valence-corrected chi connectivity index (χ3v) is 4.80. The van der Waals surface area contributed by atoms with Gasteiger partial charge < -0.3 is 5.32 Å². The molecule has 3 rings (SSSR count). The van der Waals surface area contributed by atoms with Gasteiger partial charge in [-0.15, -0.1) is 0 Å². The van der Waals surface area contributed by atoms with E-state index >= 15 is 0 Å². The van der Waals surface area contributed by atoms with Gasteiger partial charge in [0.05, 0.1) is 6.42 Å². The molecule has 1 atom stereocenters. The molecule has 2 nitrogen and oxygen atoms in total. The van der Waals surface area contributed by atoms with Crippen LogP contribution in [0.4, 0.5) is 5.69 Å². The predicted molar refractivity (Wildman–Crippen MR) is 109 cm³/mol. The number of hydrogen-bond acceptors (Lipinski definition) is 1. The molecule has 0 aliphatic carbocycles. The summed E-state index contributed by atoms with van der Waals surface area (Å²) in [7, 11) is 0. The van der Waals surface area contributed by atoms with E-state index < -0.39 is 0 Å². The van der Waals surface area contributed by atoms with Gasteiger partial charge in [-0.05, 0) is 46.7 Å². The van der Waals surface area contributed by atoms with E-state index in [4.69, 9.17) is 0 Å². The fraction of sp³-hybridized carbons (Fsp3) is 0.208. The van der Waals surface area contributed by atoms with Crippen molar-refractivity contribution in [2.24, 2.45) is 0 Å². The summed E-state index contributed by atoms with van der Waals surface area (Å²) in [6.45, 7) is 4.40. The van der Waals surface area contributed by atoms with Gasteiger partial charge in [0, 0.05) is 5.69 Å². The molecule has 0 saturated carbocycles. The number of hydrogen-bond donors (Lipinski definition) is 1. The summed E-state index contributed by atoms with van der Waals surface area (Å²) >= 11 is 0. The smallest absolute Gasteiger partial charge is 0.228 e. The number of carbonyl (C=O) groups excluding carboxylic acids is 1. The molecule has 0 spiro atoms. The van der Waals surface area contributed by atoms with E-state index in [0.29, 0.717) is 12.3 Å². The van der Waals surface area contributed by atoms with Crippen LogP contribution in [0.1, 0.15) is 37.3 Å². The maximum Gasteiger partial charge on any atom is 0.228 e. The summed E-state index contributed by atoms with van der Waals surface area (Å²) in [6.07, 6.45) is 1.49. The second-order valence-corrected chi connectivity index (χ2v) is 6.72. The summed E-state index contributed by atoms with van der Waals surface area (Å²) in [6, 6.07) is 26.6. The predicted octanol–water partition coefficient (Wildman–Crippen LogP) is 6.05. The maximum atomic E-state index is 12.3. The number of amides is 1. The van der Waals surface area contributed by atoms with Gasteiger partial charge in [0.25, 0.3) is 0 Å². The maximum absolute atomic E-state index is 12.3. The molecular weight excluding hydrogens is 318 g/mol. The highest BCUT2D eigenvalue weighted by molar-refractivity contribution is 5.92. The largest absolute Gasteiger partial charge is 0.326 e. The monoisotopic (exact) mass is 343 g/mol. The molecule has 0 fully saturated rings. The molecule has 3 aromatic carbocycles. The van der Waals surface area contributed by atoms with Crippen LogP contribution in [0.3, 0.4) is 0 Å². The minimum atomic E-state index is 0.00810. The van der Waals surface area contributed by atoms with Crippen molar-refractivity contribution in [3.8, 4) is 11.1 Å². The summed E-state index contributed by atoms with van der Waals surface area (Å²) in [5.41, 5.74) is 5.52. The summed E-state index contributed by atoms with van der Waals surface area (Å²) < 4.78 is 0. The van der Waals surface area contributed by atoms with Gasteiger partial charge >= 0.3 is 0 Å². The van der Waals surface area contributed by atoms with Gasteiger partial charge in [-0.2, -0.15) is 0 Å². The van der Waals surface area contributed by atoms with Crippen LogP contribution in [-0.4, -0.2) is 5.91 Å². The minimum Gasteiger partial charge on any atom is -0.326 e. The first-order valence-electron chi connectivity index (χ1n) is 9.20. The Kier molecular flexibility index (Phi) is 5.85. The van der Waals surface area contributed by atoms with Crippen LogP contribution >= 0.6 is 0 Å². The van der Waals surface area contributed by atoms with Gasteiger partial charge in [0.1, 0.15) is 0 Å². The van der Waals surface area contributed by atoms with Crippen molar-refractivity contribution in [1.29, 1.82) is 0 Å². The third-order valence-electron chi connectivity index (χ3n) is 4.80. The first kappa shape index (κ1) is 17.9. The summed E-state index contributed by atoms with van der Waals surface area (Å²) in [5, 5.41) is 2.98. The average Bonchev–Trinajstić information content (AvgIpc) is 2.69. The molecule has 3 aromatic rings. The number of benzene rings is 3. The molecular formula is C24H25NO. The quantitative estimate of drug-likeness (QED) is 0.580. The molecule has 1 amide bonds. The number of carbonyl (C=O) groups is 1. The average molecular weight is 343 g/mol. The molecule has 0 aromatic heterocycles. The molecule has 0 saturated heterocycles. The van der Waals surface area contributed by atoms with Crippen molar-refractivity contribution in [2.75, 3.05) is 5.32 Å². The first-order chi connectivity index (χ1) is 12.7. The molecule has 0 radical (unpaired) electrons. The number of rotatable bonds is 6. The third kappa shape index (κ3) is 4.60. The van der Waals surface area contributed by atoms with Gasteiger partial charge in [0.15, 0.2) is 0 Å². The van der Waals surface area contributed by atoms with Crippen LogP contribution in [0.5, 0.6) is 0 Å². The molecule has 0 bridgehead atoms. The van der Waals surface area contributed by atoms with E-state index in [1.165, 1.54) is 11.1 Å². The fourth-order valence-electron chi connectivity index (χ4n) is 2.97. The number of anilines is 1. The standard InChI is InChI=1S/C24H25NO/c1-3-18(2)20-13-15-23(16-14-20)25-24(26)17-19-9-11-22(12-10-19)21-7-5-4-6-8-21/h4-16,18H,3,17H2,1-2H3,(H,25,26)/t18-/m1/s1. The Morgan fingerprint density at radius 3 is 2.08 bits per heavy atom. The van der Waals surface area contributed by atoms with Crippen LogP contribution < -0.4 is 5.32 Å². The van der Waals surface area contributed by atoms with E-state index in [1.807, 2.05) is 42.5 Å². The van der Waals surface area contributed by atoms with Crippen LogP contribution in [0, 0.1) is 0 Å². The topological polar surface area (TPSA) is 29.1 Å². The first-order valence-corrected chi connectivity index (χ1v) is 9.20. The molecule has 0 unspecified atom stereocenters. The second kappa shape index (κ2) is 8.48. The Morgan fingerprint density at radius 2 is 1.46 bits per heavy atom. The van der Waals surface area contributed by atoms with E-state index in [-0.39, 0.29) is 5.91 Å². The highest BCUT2D eigenvalue weighted by atomic mass is 16.1. The lowest BCUT2D eigenvalue weighted by Gasteiger charge is -2.11. The van der Waals surface area contributed by atoms with Crippen molar-refractivity contribution in [2.45, 2.75) is 32.6 Å². The zero-order chi connectivity index (χ0) is 18.4. The Balaban J connectivity index is 1.59. The van der Waals surface area contributed by atoms with Gasteiger partial charge in [-0.25, -0.2) is 0 Å². The lowest BCUT2D eigenvalue weighted by molar-refractivity contribution is -0.115. The van der Waals surface area contributed by atoms with Crippen LogP contribution in [-0.2, 0) is 11.2 Å². The van der Waals surface area contributed by atoms with E-state index in [2.05, 4.69) is 55.6 Å². The molecule has 0 aliphatic rings. The van der Waals surface area contributed by atoms with Crippen LogP contribution in [0.25, 0.3) is 11.1 Å². The van der Waals surface area contributed by atoms with Crippen molar-refractivity contribution in [3.05, 3.63) is 90.0 Å². The van der Waals surface area contributed by atoms with Crippen molar-refractivity contribution < 1.29 is 4.79 Å². The Bertz CT molecular complexity index is 836. The van der Waals surface area contributed by atoms with Gasteiger partial charge in [-0.3, -0.25) is 4.79 Å². The lowest BCUT2D eigenvalue weighted by atomic mass is 9.98. The molecule has 2 heteroatoms. The van der Waals surface area contributed by atoms with E-state index in [9.17, 15) is 4.79 Å². The zero-order valence-electron chi connectivity index (χ0n) is 15.4. The molecule has 0 aliphatic heterocycles. The number of nitrogens with one attached hydrogen (secondary N) is 1. The molecule has 0 heterocycles. The highest BCUT2D eigenvalue weighted by Crippen LogP contribution is 2.21. The van der Waals surface area contributed by atoms with Gasteiger partial charge in [0.2, 0.25) is 5.91 Å². The highest BCUT2D eigenvalue weighted by Gasteiger charge is 2.06. The van der Waals surface area contributed by atoms with Crippen LogP contribution in [0.2, 0.25) is 0 Å². The van der Waals surface area contributed by atoms with Gasteiger partial charge in [-0.1, -0.05) is 80.6 Å². The summed E-state index contributed by atoms with van der Waals surface area (Å²) in [5.74, 6) is 0.552. The van der Waals surface area contributed by atoms with Crippen molar-refractivity contribution >= 4 is 11.6 Å². The van der Waals surface area contributed by atoms with Crippen molar-refractivity contribution in [3.63, 3.8) is 0 Å². The molecule has 1 N–H and O–H groups in total. The van der Waals surface area contributed by atoms with Crippen molar-refractivity contribution in [1.82, 2.24) is 0 Å². The Morgan fingerprint density at radius 1 is 0.846 bits per heavy atom. The lowest BCUT2D eigenvalue weighted by Crippen LogP contribution is -2.14. The summed E-state index contributed by atoms with van der Waals surface area (Å²) in [4.78, 5) is 12.3. The van der Waals surface area contributed by atoms with E-state index in [0.717, 1.165) is 23.2 Å². The Labute approximate surface area is 155 Å². The second-order valence-electron chi connectivity index (χ2n) is 6.72. The minimum absolute atomic E-state index is 0.00810. The van der Waals surface area contributed by atoms with Crippen LogP contribution in [0.15, 0.2) is 78.9 Å². The van der Waals surface area contributed by atoms with E-state index in [1.54, 1.807) is 0 Å².